The van der Waals surface area contributed by atoms with E-state index in [1.165, 1.54) is 47.8 Å². The highest BCUT2D eigenvalue weighted by atomic mass is 32.1. The van der Waals surface area contributed by atoms with Gasteiger partial charge in [0.15, 0.2) is 0 Å². The van der Waals surface area contributed by atoms with Gasteiger partial charge >= 0.3 is 0 Å². The molecule has 2 nitrogen and oxygen atoms in total. The third-order valence-corrected chi connectivity index (χ3v) is 6.27. The number of hydrogen-bond donors (Lipinski definition) is 2. The maximum atomic E-state index is 5.88. The van der Waals surface area contributed by atoms with Gasteiger partial charge in [-0.1, -0.05) is 44.4 Å². The molecule has 1 atom stereocenters. The minimum absolute atomic E-state index is 0.417. The molecule has 0 amide bonds. The fraction of sp³-hybridized carbons (Fsp3) is 0.556. The van der Waals surface area contributed by atoms with Gasteiger partial charge in [-0.05, 0) is 53.5 Å². The molecule has 1 saturated carbocycles. The fourth-order valence-corrected chi connectivity index (χ4v) is 4.76. The van der Waals surface area contributed by atoms with E-state index in [9.17, 15) is 0 Å². The molecule has 21 heavy (non-hydrogen) atoms. The first-order chi connectivity index (χ1) is 10.3. The van der Waals surface area contributed by atoms with E-state index in [1.54, 1.807) is 0 Å². The predicted molar refractivity (Wildman–Crippen MR) is 92.4 cm³/mol. The van der Waals surface area contributed by atoms with Gasteiger partial charge in [-0.2, -0.15) is 0 Å². The monoisotopic (exact) mass is 302 g/mol. The predicted octanol–water partition coefficient (Wildman–Crippen LogP) is 4.49. The second kappa shape index (κ2) is 6.91. The number of hydrazine groups is 1. The SMILES string of the molecule is CCC1CCC(C(Cc2csc3ccccc23)NN)CC1. The van der Waals surface area contributed by atoms with Crippen molar-refractivity contribution in [1.82, 2.24) is 5.43 Å². The van der Waals surface area contributed by atoms with Gasteiger partial charge in [0, 0.05) is 10.7 Å². The first kappa shape index (κ1) is 15.0. The van der Waals surface area contributed by atoms with E-state index < -0.39 is 0 Å². The standard InChI is InChI=1S/C18H26N2S/c1-2-13-7-9-14(10-8-13)17(20-19)11-15-12-21-18-6-4-3-5-16(15)18/h3-6,12-14,17,20H,2,7-11,19H2,1H3. The molecule has 1 aromatic carbocycles. The van der Waals surface area contributed by atoms with Gasteiger partial charge in [0.25, 0.3) is 0 Å². The first-order valence-corrected chi connectivity index (χ1v) is 9.11. The summed E-state index contributed by atoms with van der Waals surface area (Å²) < 4.78 is 1.39. The molecule has 0 bridgehead atoms. The van der Waals surface area contributed by atoms with Crippen LogP contribution in [0.25, 0.3) is 10.1 Å². The molecule has 3 heteroatoms. The van der Waals surface area contributed by atoms with Gasteiger partial charge in [0.2, 0.25) is 0 Å². The highest BCUT2D eigenvalue weighted by Crippen LogP contribution is 2.34. The van der Waals surface area contributed by atoms with Crippen molar-refractivity contribution in [3.05, 3.63) is 35.2 Å². The van der Waals surface area contributed by atoms with Crippen LogP contribution in [0.1, 0.15) is 44.6 Å². The molecule has 0 spiro atoms. The molecule has 114 valence electrons. The lowest BCUT2D eigenvalue weighted by Gasteiger charge is -2.33. The van der Waals surface area contributed by atoms with Crippen molar-refractivity contribution in [2.45, 2.75) is 51.5 Å². The first-order valence-electron chi connectivity index (χ1n) is 8.23. The molecule has 1 fully saturated rings. The van der Waals surface area contributed by atoms with Gasteiger partial charge in [0.1, 0.15) is 0 Å². The number of thiophene rings is 1. The van der Waals surface area contributed by atoms with Crippen molar-refractivity contribution < 1.29 is 0 Å². The summed E-state index contributed by atoms with van der Waals surface area (Å²) in [7, 11) is 0. The van der Waals surface area contributed by atoms with Gasteiger partial charge in [0.05, 0.1) is 0 Å². The number of benzene rings is 1. The molecule has 1 heterocycles. The van der Waals surface area contributed by atoms with Crippen molar-refractivity contribution in [3.63, 3.8) is 0 Å². The average Bonchev–Trinajstić information content (AvgIpc) is 2.96. The Bertz CT molecular complexity index is 569. The highest BCUT2D eigenvalue weighted by Gasteiger charge is 2.27. The van der Waals surface area contributed by atoms with Crippen LogP contribution in [0.2, 0.25) is 0 Å². The van der Waals surface area contributed by atoms with Crippen LogP contribution < -0.4 is 11.3 Å². The maximum absolute atomic E-state index is 5.88. The molecule has 3 N–H and O–H groups in total. The molecule has 1 unspecified atom stereocenters. The highest BCUT2D eigenvalue weighted by molar-refractivity contribution is 7.17. The molecule has 0 aliphatic heterocycles. The van der Waals surface area contributed by atoms with Crippen LogP contribution in [0.4, 0.5) is 0 Å². The molecule has 1 aliphatic rings. The summed E-state index contributed by atoms with van der Waals surface area (Å²) in [5.74, 6) is 7.56. The van der Waals surface area contributed by atoms with Crippen LogP contribution in [0.3, 0.4) is 0 Å². The number of rotatable bonds is 5. The van der Waals surface area contributed by atoms with Crippen molar-refractivity contribution in [2.24, 2.45) is 17.7 Å². The lowest BCUT2D eigenvalue weighted by molar-refractivity contribution is 0.217. The fourth-order valence-electron chi connectivity index (χ4n) is 3.79. The number of hydrogen-bond acceptors (Lipinski definition) is 3. The van der Waals surface area contributed by atoms with Crippen LogP contribution in [-0.2, 0) is 6.42 Å². The summed E-state index contributed by atoms with van der Waals surface area (Å²) in [5.41, 5.74) is 4.57. The van der Waals surface area contributed by atoms with Crippen LogP contribution in [-0.4, -0.2) is 6.04 Å². The Morgan fingerprint density at radius 1 is 1.24 bits per heavy atom. The number of fused-ring (bicyclic) bond motifs is 1. The third-order valence-electron chi connectivity index (χ3n) is 5.25. The number of nitrogens with two attached hydrogens (primary N) is 1. The minimum atomic E-state index is 0.417. The van der Waals surface area contributed by atoms with E-state index in [-0.39, 0.29) is 0 Å². The van der Waals surface area contributed by atoms with E-state index in [0.717, 1.165) is 18.3 Å². The zero-order chi connectivity index (χ0) is 14.7. The van der Waals surface area contributed by atoms with Crippen LogP contribution in [0.15, 0.2) is 29.6 Å². The summed E-state index contributed by atoms with van der Waals surface area (Å²) in [6, 6.07) is 9.12. The van der Waals surface area contributed by atoms with Gasteiger partial charge in [-0.25, -0.2) is 0 Å². The van der Waals surface area contributed by atoms with Crippen LogP contribution >= 0.6 is 11.3 Å². The van der Waals surface area contributed by atoms with Crippen molar-refractivity contribution in [3.8, 4) is 0 Å². The number of nitrogens with one attached hydrogen (secondary N) is 1. The van der Waals surface area contributed by atoms with Crippen molar-refractivity contribution >= 4 is 21.4 Å². The third kappa shape index (κ3) is 3.31. The zero-order valence-electron chi connectivity index (χ0n) is 12.8. The minimum Gasteiger partial charge on any atom is -0.271 e. The lowest BCUT2D eigenvalue weighted by atomic mass is 9.76. The van der Waals surface area contributed by atoms with E-state index in [1.807, 2.05) is 11.3 Å². The Kier molecular flexibility index (Phi) is 4.94. The molecule has 3 rings (SSSR count). The van der Waals surface area contributed by atoms with E-state index >= 15 is 0 Å². The van der Waals surface area contributed by atoms with Crippen molar-refractivity contribution in [1.29, 1.82) is 0 Å². The normalized spacial score (nSPS) is 24.3. The Morgan fingerprint density at radius 3 is 2.71 bits per heavy atom. The van der Waals surface area contributed by atoms with E-state index in [2.05, 4.69) is 42.0 Å². The largest absolute Gasteiger partial charge is 0.271 e. The Balaban J connectivity index is 1.70. The molecule has 2 aromatic rings. The summed E-state index contributed by atoms with van der Waals surface area (Å²) in [6.45, 7) is 2.32. The van der Waals surface area contributed by atoms with Crippen molar-refractivity contribution in [2.75, 3.05) is 0 Å². The summed E-state index contributed by atoms with van der Waals surface area (Å²) in [5, 5.41) is 3.72. The maximum Gasteiger partial charge on any atom is 0.0345 e. The molecule has 1 aromatic heterocycles. The Hall–Kier alpha value is -0.900. The van der Waals surface area contributed by atoms with E-state index in [4.69, 9.17) is 5.84 Å². The molecular weight excluding hydrogens is 276 g/mol. The van der Waals surface area contributed by atoms with Gasteiger partial charge in [-0.3, -0.25) is 11.3 Å². The summed E-state index contributed by atoms with van der Waals surface area (Å²) in [6.07, 6.45) is 7.81. The average molecular weight is 302 g/mol. The summed E-state index contributed by atoms with van der Waals surface area (Å²) in [4.78, 5) is 0. The Labute approximate surface area is 131 Å². The topological polar surface area (TPSA) is 38.0 Å². The quantitative estimate of drug-likeness (QED) is 0.631. The smallest absolute Gasteiger partial charge is 0.0345 e. The Morgan fingerprint density at radius 2 is 2.00 bits per heavy atom. The molecule has 0 saturated heterocycles. The van der Waals surface area contributed by atoms with Crippen LogP contribution in [0.5, 0.6) is 0 Å². The lowest BCUT2D eigenvalue weighted by Crippen LogP contribution is -2.43. The summed E-state index contributed by atoms with van der Waals surface area (Å²) >= 11 is 1.85. The molecular formula is C18H26N2S. The zero-order valence-corrected chi connectivity index (χ0v) is 13.7. The van der Waals surface area contributed by atoms with Gasteiger partial charge in [-0.15, -0.1) is 11.3 Å². The second-order valence-corrected chi connectivity index (χ2v) is 7.33. The van der Waals surface area contributed by atoms with E-state index in [0.29, 0.717) is 6.04 Å². The molecule has 0 radical (unpaired) electrons. The molecule has 1 aliphatic carbocycles. The van der Waals surface area contributed by atoms with Gasteiger partial charge < -0.3 is 0 Å². The van der Waals surface area contributed by atoms with Crippen LogP contribution in [0, 0.1) is 11.8 Å². The second-order valence-electron chi connectivity index (χ2n) is 6.42.